The van der Waals surface area contributed by atoms with Crippen molar-refractivity contribution in [3.8, 4) is 0 Å². The average Bonchev–Trinajstić information content (AvgIpc) is 2.11. The fourth-order valence-electron chi connectivity index (χ4n) is 2.43. The zero-order valence-corrected chi connectivity index (χ0v) is 12.0. The highest BCUT2D eigenvalue weighted by atomic mass is 32.2. The van der Waals surface area contributed by atoms with Gasteiger partial charge < -0.3 is 4.55 Å². The van der Waals surface area contributed by atoms with Crippen LogP contribution in [0.25, 0.3) is 0 Å². The van der Waals surface area contributed by atoms with Crippen molar-refractivity contribution in [3.05, 3.63) is 0 Å². The second-order valence-electron chi connectivity index (χ2n) is 6.29. The molecule has 0 radical (unpaired) electrons. The van der Waals surface area contributed by atoms with Gasteiger partial charge in [-0.15, -0.1) is 0 Å². The van der Waals surface area contributed by atoms with E-state index in [1.165, 1.54) is 19.3 Å². The normalized spacial score (nSPS) is 34.2. The Bertz CT molecular complexity index is 237. The zero-order chi connectivity index (χ0) is 12.3. The van der Waals surface area contributed by atoms with Gasteiger partial charge in [0, 0.05) is 0 Å². The second kappa shape index (κ2) is 5.54. The number of hydrogen-bond donors (Lipinski definition) is 0. The molecule has 3 atom stereocenters. The summed E-state index contributed by atoms with van der Waals surface area (Å²) in [5.41, 5.74) is 0. The lowest BCUT2D eigenvalue weighted by molar-refractivity contribution is 0.267. The molecule has 0 amide bonds. The molecule has 3 unspecified atom stereocenters. The number of hydrogen-bond acceptors (Lipinski definition) is 2. The minimum absolute atomic E-state index is 0.234. The van der Waals surface area contributed by atoms with Gasteiger partial charge in [-0.3, -0.25) is 0 Å². The highest BCUT2D eigenvalue weighted by molar-refractivity contribution is 7.91. The molecule has 0 aromatic carbocycles. The van der Waals surface area contributed by atoms with Gasteiger partial charge in [-0.1, -0.05) is 18.2 Å². The molecule has 0 aliphatic heterocycles. The Morgan fingerprint density at radius 3 is 2.06 bits per heavy atom. The van der Waals surface area contributed by atoms with Crippen LogP contribution in [0.15, 0.2) is 4.40 Å². The Morgan fingerprint density at radius 1 is 1.12 bits per heavy atom. The monoisotopic (exact) mass is 243 g/mol. The van der Waals surface area contributed by atoms with Crippen LogP contribution in [0.3, 0.4) is 0 Å². The first kappa shape index (κ1) is 14.0. The molecule has 0 bridgehead atoms. The summed E-state index contributed by atoms with van der Waals surface area (Å²) in [6.45, 7) is 10.5. The van der Waals surface area contributed by atoms with Crippen molar-refractivity contribution >= 4 is 17.6 Å². The molecule has 94 valence electrons. The van der Waals surface area contributed by atoms with Crippen LogP contribution in [0.2, 0.25) is 0 Å². The Balaban J connectivity index is 2.50. The van der Waals surface area contributed by atoms with Gasteiger partial charge in [0.25, 0.3) is 0 Å². The number of rotatable bonds is 2. The molecule has 1 rings (SSSR count). The van der Waals surface area contributed by atoms with Crippen molar-refractivity contribution in [1.82, 2.24) is 0 Å². The van der Waals surface area contributed by atoms with Crippen molar-refractivity contribution in [2.45, 2.75) is 58.6 Å². The third-order valence-corrected chi connectivity index (χ3v) is 4.47. The zero-order valence-electron chi connectivity index (χ0n) is 11.2. The summed E-state index contributed by atoms with van der Waals surface area (Å²) in [6.07, 6.45) is 5.69. The summed E-state index contributed by atoms with van der Waals surface area (Å²) >= 11 is -1.09. The molecule has 0 aromatic heterocycles. The van der Waals surface area contributed by atoms with Crippen LogP contribution in [0.4, 0.5) is 0 Å². The van der Waals surface area contributed by atoms with Crippen molar-refractivity contribution in [3.63, 3.8) is 0 Å². The Labute approximate surface area is 103 Å². The molecular formula is C13H25NOS. The Hall–Kier alpha value is -0.0200. The molecule has 1 aliphatic carbocycles. The van der Waals surface area contributed by atoms with E-state index in [0.717, 1.165) is 11.8 Å². The first-order valence-corrected chi connectivity index (χ1v) is 7.36. The van der Waals surface area contributed by atoms with E-state index in [-0.39, 0.29) is 4.75 Å². The van der Waals surface area contributed by atoms with Gasteiger partial charge in [0.1, 0.15) is 16.1 Å². The first-order chi connectivity index (χ1) is 7.29. The minimum Gasteiger partial charge on any atom is -0.591 e. The van der Waals surface area contributed by atoms with E-state index in [1.807, 2.05) is 27.0 Å². The van der Waals surface area contributed by atoms with E-state index in [2.05, 4.69) is 18.2 Å². The molecule has 1 saturated carbocycles. The predicted molar refractivity (Wildman–Crippen MR) is 72.1 cm³/mol. The fraction of sp³-hybridized carbons (Fsp3) is 0.923. The van der Waals surface area contributed by atoms with Crippen molar-refractivity contribution in [1.29, 1.82) is 0 Å². The van der Waals surface area contributed by atoms with E-state index in [4.69, 9.17) is 0 Å². The molecular weight excluding hydrogens is 218 g/mol. The summed E-state index contributed by atoms with van der Waals surface area (Å²) in [7, 11) is 0. The summed E-state index contributed by atoms with van der Waals surface area (Å²) in [5, 5.41) is 0. The molecule has 0 spiro atoms. The van der Waals surface area contributed by atoms with E-state index < -0.39 is 11.4 Å². The summed E-state index contributed by atoms with van der Waals surface area (Å²) < 4.78 is 15.8. The van der Waals surface area contributed by atoms with Crippen molar-refractivity contribution in [2.24, 2.45) is 22.2 Å². The molecule has 16 heavy (non-hydrogen) atoms. The van der Waals surface area contributed by atoms with Crippen LogP contribution < -0.4 is 0 Å². The molecule has 0 saturated heterocycles. The number of nitrogens with zero attached hydrogens (tertiary/aromatic N) is 1. The summed E-state index contributed by atoms with van der Waals surface area (Å²) in [4.78, 5) is 0. The predicted octanol–water partition coefficient (Wildman–Crippen LogP) is 3.59. The quantitative estimate of drug-likeness (QED) is 0.539. The maximum Gasteiger partial charge on any atom is 0.144 e. The van der Waals surface area contributed by atoms with Gasteiger partial charge in [-0.2, -0.15) is 0 Å². The molecule has 0 N–H and O–H groups in total. The maximum absolute atomic E-state index is 11.8. The Kier molecular flexibility index (Phi) is 4.87. The summed E-state index contributed by atoms with van der Waals surface area (Å²) in [6, 6.07) is 0. The highest BCUT2D eigenvalue weighted by Gasteiger charge is 2.27. The van der Waals surface area contributed by atoms with E-state index in [0.29, 0.717) is 5.92 Å². The van der Waals surface area contributed by atoms with Crippen LogP contribution in [0.1, 0.15) is 53.9 Å². The van der Waals surface area contributed by atoms with Crippen LogP contribution in [0.5, 0.6) is 0 Å². The van der Waals surface area contributed by atoms with Gasteiger partial charge in [-0.05, 0) is 57.8 Å². The lowest BCUT2D eigenvalue weighted by Gasteiger charge is -2.29. The lowest BCUT2D eigenvalue weighted by atomic mass is 9.77. The molecule has 3 heteroatoms. The fourth-order valence-corrected chi connectivity index (χ4v) is 3.03. The van der Waals surface area contributed by atoms with Crippen molar-refractivity contribution < 1.29 is 4.55 Å². The third kappa shape index (κ3) is 4.46. The van der Waals surface area contributed by atoms with E-state index in [1.54, 1.807) is 0 Å². The van der Waals surface area contributed by atoms with Gasteiger partial charge >= 0.3 is 0 Å². The molecule has 2 nitrogen and oxygen atoms in total. The smallest absolute Gasteiger partial charge is 0.144 e. The third-order valence-electron chi connectivity index (χ3n) is 3.11. The summed E-state index contributed by atoms with van der Waals surface area (Å²) in [5.74, 6) is 2.09. The van der Waals surface area contributed by atoms with Crippen LogP contribution in [-0.4, -0.2) is 15.5 Å². The second-order valence-corrected chi connectivity index (χ2v) is 8.23. The molecule has 1 aliphatic rings. The first-order valence-electron chi connectivity index (χ1n) is 6.25. The van der Waals surface area contributed by atoms with E-state index in [9.17, 15) is 4.55 Å². The van der Waals surface area contributed by atoms with Gasteiger partial charge in [0.15, 0.2) is 0 Å². The largest absolute Gasteiger partial charge is 0.591 e. The maximum atomic E-state index is 11.8. The topological polar surface area (TPSA) is 35.4 Å². The SMILES string of the molecule is CC1CC(C)CC(/C=N/[S+]([O-])C(C)(C)C)C1. The molecule has 0 heterocycles. The minimum atomic E-state index is -1.09. The standard InChI is InChI=1S/C13H25NOS/c1-10-6-11(2)8-12(7-10)9-14-16(15)13(3,4)5/h9-12H,6-8H2,1-5H3/b14-9+. The van der Waals surface area contributed by atoms with Crippen LogP contribution in [0, 0.1) is 17.8 Å². The van der Waals surface area contributed by atoms with Crippen LogP contribution >= 0.6 is 0 Å². The van der Waals surface area contributed by atoms with Crippen LogP contribution in [-0.2, 0) is 11.4 Å². The van der Waals surface area contributed by atoms with E-state index >= 15 is 0 Å². The molecule has 0 aromatic rings. The van der Waals surface area contributed by atoms with Gasteiger partial charge in [0.05, 0.1) is 6.21 Å². The highest BCUT2D eigenvalue weighted by Crippen LogP contribution is 2.32. The lowest BCUT2D eigenvalue weighted by Crippen LogP contribution is -2.27. The average molecular weight is 243 g/mol. The van der Waals surface area contributed by atoms with Crippen molar-refractivity contribution in [2.75, 3.05) is 0 Å². The molecule has 1 fully saturated rings. The van der Waals surface area contributed by atoms with Gasteiger partial charge in [0.2, 0.25) is 0 Å². The Morgan fingerprint density at radius 2 is 1.62 bits per heavy atom. The van der Waals surface area contributed by atoms with Gasteiger partial charge in [-0.25, -0.2) is 0 Å².